The zero-order valence-corrected chi connectivity index (χ0v) is 17.6. The lowest BCUT2D eigenvalue weighted by Crippen LogP contribution is -2.50. The van der Waals surface area contributed by atoms with Crippen LogP contribution in [-0.2, 0) is 17.8 Å². The van der Waals surface area contributed by atoms with Crippen LogP contribution in [0.25, 0.3) is 22.5 Å². The first-order valence-corrected chi connectivity index (χ1v) is 10.5. The molecule has 3 aromatic heterocycles. The van der Waals surface area contributed by atoms with Crippen molar-refractivity contribution in [3.05, 3.63) is 59.0 Å². The molecule has 1 saturated heterocycles. The molecule has 0 N–H and O–H groups in total. The van der Waals surface area contributed by atoms with E-state index in [4.69, 9.17) is 8.94 Å². The summed E-state index contributed by atoms with van der Waals surface area (Å²) in [6.07, 6.45) is 2.42. The lowest BCUT2D eigenvalue weighted by Gasteiger charge is -2.35. The number of carbonyl (C=O) groups is 1. The Morgan fingerprint density at radius 3 is 2.62 bits per heavy atom. The van der Waals surface area contributed by atoms with Gasteiger partial charge in [-0.05, 0) is 24.3 Å². The number of anilines is 1. The number of pyridine rings is 1. The molecular formula is C22H22N6O4. The Bertz CT molecular complexity index is 1300. The van der Waals surface area contributed by atoms with E-state index in [1.807, 2.05) is 25.1 Å². The Labute approximate surface area is 183 Å². The predicted molar refractivity (Wildman–Crippen MR) is 116 cm³/mol. The molecule has 0 atom stereocenters. The van der Waals surface area contributed by atoms with E-state index >= 15 is 0 Å². The van der Waals surface area contributed by atoms with Gasteiger partial charge in [-0.25, -0.2) is 9.78 Å². The number of hydrogen-bond acceptors (Lipinski definition) is 8. The number of hydrogen-bond donors (Lipinski definition) is 0. The summed E-state index contributed by atoms with van der Waals surface area (Å²) in [6, 6.07) is 10.9. The van der Waals surface area contributed by atoms with Crippen LogP contribution < -0.4 is 10.7 Å². The molecule has 4 heterocycles. The molecule has 164 valence electrons. The molecule has 10 nitrogen and oxygen atoms in total. The van der Waals surface area contributed by atoms with Crippen molar-refractivity contribution >= 4 is 22.8 Å². The Balaban J connectivity index is 1.21. The molecule has 1 amide bonds. The van der Waals surface area contributed by atoms with E-state index in [0.29, 0.717) is 55.4 Å². The molecule has 0 saturated carbocycles. The minimum atomic E-state index is -0.518. The first-order valence-electron chi connectivity index (χ1n) is 10.5. The maximum atomic E-state index is 12.8. The highest BCUT2D eigenvalue weighted by Crippen LogP contribution is 2.20. The Morgan fingerprint density at radius 1 is 1.09 bits per heavy atom. The van der Waals surface area contributed by atoms with Crippen molar-refractivity contribution in [1.82, 2.24) is 24.6 Å². The van der Waals surface area contributed by atoms with Crippen molar-refractivity contribution in [3.63, 3.8) is 0 Å². The Kier molecular flexibility index (Phi) is 5.18. The van der Waals surface area contributed by atoms with Crippen LogP contribution in [0.5, 0.6) is 0 Å². The van der Waals surface area contributed by atoms with Gasteiger partial charge in [0.2, 0.25) is 17.6 Å². The van der Waals surface area contributed by atoms with E-state index < -0.39 is 5.76 Å². The topological polar surface area (TPSA) is 111 Å². The highest BCUT2D eigenvalue weighted by atomic mass is 16.5. The second-order valence-electron chi connectivity index (χ2n) is 7.56. The first-order chi connectivity index (χ1) is 15.6. The molecule has 4 aromatic rings. The second kappa shape index (κ2) is 8.29. The molecule has 10 heteroatoms. The lowest BCUT2D eigenvalue weighted by atomic mass is 10.2. The van der Waals surface area contributed by atoms with Gasteiger partial charge in [-0.15, -0.1) is 0 Å². The van der Waals surface area contributed by atoms with Gasteiger partial charge < -0.3 is 18.7 Å². The molecule has 0 bridgehead atoms. The first kappa shape index (κ1) is 20.0. The summed E-state index contributed by atoms with van der Waals surface area (Å²) in [5.74, 6) is 1.33. The number of piperazine rings is 1. The maximum Gasteiger partial charge on any atom is 0.420 e. The van der Waals surface area contributed by atoms with Crippen molar-refractivity contribution in [3.8, 4) is 11.4 Å². The highest BCUT2D eigenvalue weighted by Gasteiger charge is 2.23. The molecule has 0 unspecified atom stereocenters. The minimum absolute atomic E-state index is 0.0345. The normalized spacial score (nSPS) is 14.3. The van der Waals surface area contributed by atoms with E-state index in [0.717, 1.165) is 11.4 Å². The number of nitrogens with zero attached hydrogens (tertiary/aromatic N) is 6. The monoisotopic (exact) mass is 434 g/mol. The van der Waals surface area contributed by atoms with Crippen molar-refractivity contribution in [1.29, 1.82) is 0 Å². The summed E-state index contributed by atoms with van der Waals surface area (Å²) in [7, 11) is 0. The van der Waals surface area contributed by atoms with E-state index in [2.05, 4.69) is 20.0 Å². The van der Waals surface area contributed by atoms with Crippen LogP contribution in [0.3, 0.4) is 0 Å². The average molecular weight is 434 g/mol. The van der Waals surface area contributed by atoms with Gasteiger partial charge in [0.25, 0.3) is 0 Å². The zero-order valence-electron chi connectivity index (χ0n) is 17.6. The van der Waals surface area contributed by atoms with Gasteiger partial charge in [0.1, 0.15) is 12.4 Å². The van der Waals surface area contributed by atoms with Gasteiger partial charge in [-0.1, -0.05) is 24.2 Å². The zero-order chi connectivity index (χ0) is 22.1. The number of amides is 1. The number of fused-ring (bicyclic) bond motifs is 1. The summed E-state index contributed by atoms with van der Waals surface area (Å²) >= 11 is 0. The predicted octanol–water partition coefficient (Wildman–Crippen LogP) is 1.95. The fourth-order valence-electron chi connectivity index (χ4n) is 3.81. The SMILES string of the molecule is CCc1nc(-c2ccc(N3CCN(C(=O)Cn4c(=O)oc5ccccc54)CC3)nc2)no1. The van der Waals surface area contributed by atoms with E-state index in [1.54, 1.807) is 29.3 Å². The van der Waals surface area contributed by atoms with Gasteiger partial charge >= 0.3 is 5.76 Å². The summed E-state index contributed by atoms with van der Waals surface area (Å²) in [5.41, 5.74) is 1.90. The largest absolute Gasteiger partial charge is 0.420 e. The fourth-order valence-corrected chi connectivity index (χ4v) is 3.81. The molecule has 5 rings (SSSR count). The van der Waals surface area contributed by atoms with Crippen molar-refractivity contribution in [2.75, 3.05) is 31.1 Å². The Hall–Kier alpha value is -3.95. The third-order valence-corrected chi connectivity index (χ3v) is 5.60. The molecule has 1 fully saturated rings. The molecule has 0 aliphatic carbocycles. The molecule has 0 spiro atoms. The second-order valence-corrected chi connectivity index (χ2v) is 7.56. The molecule has 1 aromatic carbocycles. The summed E-state index contributed by atoms with van der Waals surface area (Å²) in [4.78, 5) is 37.7. The van der Waals surface area contributed by atoms with Crippen LogP contribution in [-0.4, -0.2) is 56.7 Å². The fraction of sp³-hybridized carbons (Fsp3) is 0.318. The molecule has 1 aliphatic heterocycles. The van der Waals surface area contributed by atoms with Crippen LogP contribution >= 0.6 is 0 Å². The van der Waals surface area contributed by atoms with E-state index in [1.165, 1.54) is 4.57 Å². The maximum absolute atomic E-state index is 12.8. The minimum Gasteiger partial charge on any atom is -0.408 e. The third-order valence-electron chi connectivity index (χ3n) is 5.60. The van der Waals surface area contributed by atoms with Gasteiger partial charge in [0.15, 0.2) is 5.58 Å². The van der Waals surface area contributed by atoms with Crippen LogP contribution in [0, 0.1) is 0 Å². The number of aryl methyl sites for hydroxylation is 1. The number of carbonyl (C=O) groups excluding carboxylic acids is 1. The lowest BCUT2D eigenvalue weighted by molar-refractivity contribution is -0.132. The average Bonchev–Trinajstić information content (AvgIpc) is 3.44. The number of rotatable bonds is 5. The number of aromatic nitrogens is 4. The van der Waals surface area contributed by atoms with Gasteiger partial charge in [0, 0.05) is 44.4 Å². The van der Waals surface area contributed by atoms with Crippen LogP contribution in [0.15, 0.2) is 56.3 Å². The molecule has 1 aliphatic rings. The standard InChI is InChI=1S/C22H22N6O4/c1-2-19-24-21(25-32-19)15-7-8-18(23-13-15)26-9-11-27(12-10-26)20(29)14-28-16-5-3-4-6-17(16)31-22(28)30/h3-8,13H,2,9-12,14H2,1H3. The smallest absolute Gasteiger partial charge is 0.408 e. The van der Waals surface area contributed by atoms with Crippen LogP contribution in [0.4, 0.5) is 5.82 Å². The van der Waals surface area contributed by atoms with Gasteiger partial charge in [-0.3, -0.25) is 9.36 Å². The van der Waals surface area contributed by atoms with E-state index in [9.17, 15) is 9.59 Å². The highest BCUT2D eigenvalue weighted by molar-refractivity contribution is 5.79. The quantitative estimate of drug-likeness (QED) is 0.469. The van der Waals surface area contributed by atoms with Gasteiger partial charge in [-0.2, -0.15) is 4.98 Å². The molecule has 0 radical (unpaired) electrons. The number of oxazole rings is 1. The van der Waals surface area contributed by atoms with Crippen molar-refractivity contribution in [2.45, 2.75) is 19.9 Å². The molecular weight excluding hydrogens is 412 g/mol. The van der Waals surface area contributed by atoms with Crippen LogP contribution in [0.2, 0.25) is 0 Å². The summed E-state index contributed by atoms with van der Waals surface area (Å²) in [5, 5.41) is 3.97. The van der Waals surface area contributed by atoms with E-state index in [-0.39, 0.29) is 12.5 Å². The number of benzene rings is 1. The number of para-hydroxylation sites is 2. The van der Waals surface area contributed by atoms with Crippen molar-refractivity contribution in [2.24, 2.45) is 0 Å². The van der Waals surface area contributed by atoms with Crippen molar-refractivity contribution < 1.29 is 13.7 Å². The summed E-state index contributed by atoms with van der Waals surface area (Å²) < 4.78 is 11.8. The Morgan fingerprint density at radius 2 is 1.91 bits per heavy atom. The third kappa shape index (κ3) is 3.75. The van der Waals surface area contributed by atoms with Gasteiger partial charge in [0.05, 0.1) is 5.52 Å². The van der Waals surface area contributed by atoms with Crippen LogP contribution in [0.1, 0.15) is 12.8 Å². The molecule has 32 heavy (non-hydrogen) atoms. The summed E-state index contributed by atoms with van der Waals surface area (Å²) in [6.45, 7) is 4.34.